The minimum atomic E-state index is -0.0552. The van der Waals surface area contributed by atoms with Crippen molar-refractivity contribution in [3.63, 3.8) is 0 Å². The predicted molar refractivity (Wildman–Crippen MR) is 101 cm³/mol. The summed E-state index contributed by atoms with van der Waals surface area (Å²) in [7, 11) is 0. The fourth-order valence-corrected chi connectivity index (χ4v) is 3.59. The van der Waals surface area contributed by atoms with Gasteiger partial charge in [-0.05, 0) is 43.0 Å². The van der Waals surface area contributed by atoms with E-state index < -0.39 is 0 Å². The number of carbonyl (C=O) groups is 1. The van der Waals surface area contributed by atoms with E-state index >= 15 is 0 Å². The Kier molecular flexibility index (Phi) is 5.05. The van der Waals surface area contributed by atoms with E-state index in [9.17, 15) is 4.79 Å². The molecule has 0 radical (unpaired) electrons. The standard InChI is InChI=1S/C21H23N3O3/c1-2-4-15-8-10-24(12-15)21(25)19-13-27-20(23-19)14-26-17-6-7-18-16(11-17)5-3-9-22-18/h3,5-7,9,11,13,15H,2,4,8,10,12,14H2,1H3/t15-/m0/s1. The Balaban J connectivity index is 1.37. The molecule has 1 saturated heterocycles. The molecule has 2 aromatic heterocycles. The SMILES string of the molecule is CCC[C@H]1CCN(C(=O)c2coc(COc3ccc4ncccc4c3)n2)C1. The van der Waals surface area contributed by atoms with Gasteiger partial charge in [-0.3, -0.25) is 9.78 Å². The van der Waals surface area contributed by atoms with Gasteiger partial charge in [0.2, 0.25) is 5.89 Å². The summed E-state index contributed by atoms with van der Waals surface area (Å²) >= 11 is 0. The topological polar surface area (TPSA) is 68.5 Å². The number of oxazole rings is 1. The van der Waals surface area contributed by atoms with Crippen molar-refractivity contribution in [2.45, 2.75) is 32.8 Å². The van der Waals surface area contributed by atoms with Gasteiger partial charge in [-0.1, -0.05) is 19.4 Å². The summed E-state index contributed by atoms with van der Waals surface area (Å²) in [4.78, 5) is 23.1. The van der Waals surface area contributed by atoms with Crippen molar-refractivity contribution < 1.29 is 13.9 Å². The molecule has 1 atom stereocenters. The number of ether oxygens (including phenoxy) is 1. The highest BCUT2D eigenvalue weighted by molar-refractivity contribution is 5.92. The van der Waals surface area contributed by atoms with E-state index in [0.717, 1.165) is 36.8 Å². The van der Waals surface area contributed by atoms with Crippen LogP contribution in [-0.4, -0.2) is 33.9 Å². The molecule has 0 spiro atoms. The van der Waals surface area contributed by atoms with Crippen LogP contribution in [0.1, 0.15) is 42.6 Å². The number of carbonyl (C=O) groups excluding carboxylic acids is 1. The quantitative estimate of drug-likeness (QED) is 0.659. The van der Waals surface area contributed by atoms with Gasteiger partial charge in [-0.2, -0.15) is 0 Å². The third kappa shape index (κ3) is 3.94. The summed E-state index contributed by atoms with van der Waals surface area (Å²) in [6, 6.07) is 9.58. The minimum Gasteiger partial charge on any atom is -0.484 e. The molecule has 0 bridgehead atoms. The number of aromatic nitrogens is 2. The summed E-state index contributed by atoms with van der Waals surface area (Å²) in [5.41, 5.74) is 1.27. The van der Waals surface area contributed by atoms with Crippen LogP contribution >= 0.6 is 0 Å². The van der Waals surface area contributed by atoms with Gasteiger partial charge in [0.1, 0.15) is 12.0 Å². The van der Waals surface area contributed by atoms with Crippen LogP contribution in [0.25, 0.3) is 10.9 Å². The predicted octanol–water partition coefficient (Wildman–Crippen LogP) is 4.06. The van der Waals surface area contributed by atoms with Crippen molar-refractivity contribution in [2.75, 3.05) is 13.1 Å². The van der Waals surface area contributed by atoms with E-state index in [1.807, 2.05) is 35.2 Å². The Morgan fingerprint density at radius 3 is 3.19 bits per heavy atom. The minimum absolute atomic E-state index is 0.0552. The molecule has 6 nitrogen and oxygen atoms in total. The molecule has 1 amide bonds. The number of likely N-dealkylation sites (tertiary alicyclic amines) is 1. The molecule has 4 rings (SSSR count). The molecule has 1 aliphatic rings. The van der Waals surface area contributed by atoms with Crippen molar-refractivity contribution in [3.05, 3.63) is 54.4 Å². The van der Waals surface area contributed by atoms with Crippen LogP contribution in [0.5, 0.6) is 5.75 Å². The molecule has 3 heterocycles. The summed E-state index contributed by atoms with van der Waals surface area (Å²) in [6.07, 6.45) is 6.59. The zero-order valence-electron chi connectivity index (χ0n) is 15.4. The van der Waals surface area contributed by atoms with Gasteiger partial charge in [0.25, 0.3) is 5.91 Å². The van der Waals surface area contributed by atoms with Gasteiger partial charge in [-0.15, -0.1) is 0 Å². The number of hydrogen-bond acceptors (Lipinski definition) is 5. The molecule has 27 heavy (non-hydrogen) atoms. The van der Waals surface area contributed by atoms with Crippen molar-refractivity contribution >= 4 is 16.8 Å². The normalized spacial score (nSPS) is 16.8. The average molecular weight is 365 g/mol. The number of benzene rings is 1. The molecule has 140 valence electrons. The van der Waals surface area contributed by atoms with E-state index in [1.54, 1.807) is 6.20 Å². The molecule has 0 saturated carbocycles. The van der Waals surface area contributed by atoms with Crippen LogP contribution in [0, 0.1) is 5.92 Å². The molecule has 6 heteroatoms. The van der Waals surface area contributed by atoms with Gasteiger partial charge >= 0.3 is 0 Å². The van der Waals surface area contributed by atoms with Crippen LogP contribution in [-0.2, 0) is 6.61 Å². The van der Waals surface area contributed by atoms with Crippen molar-refractivity contribution in [1.29, 1.82) is 0 Å². The maximum absolute atomic E-state index is 12.6. The average Bonchev–Trinajstić information content (AvgIpc) is 3.36. The zero-order valence-corrected chi connectivity index (χ0v) is 15.4. The fourth-order valence-electron chi connectivity index (χ4n) is 3.59. The lowest BCUT2D eigenvalue weighted by Crippen LogP contribution is -2.29. The van der Waals surface area contributed by atoms with Crippen LogP contribution in [0.2, 0.25) is 0 Å². The smallest absolute Gasteiger partial charge is 0.275 e. The monoisotopic (exact) mass is 365 g/mol. The van der Waals surface area contributed by atoms with Crippen LogP contribution in [0.3, 0.4) is 0 Å². The van der Waals surface area contributed by atoms with E-state index in [-0.39, 0.29) is 12.5 Å². The molecule has 1 aromatic carbocycles. The Hall–Kier alpha value is -2.89. The van der Waals surface area contributed by atoms with Gasteiger partial charge in [-0.25, -0.2) is 4.98 Å². The van der Waals surface area contributed by atoms with E-state index in [4.69, 9.17) is 9.15 Å². The number of amides is 1. The number of rotatable bonds is 6. The number of hydrogen-bond donors (Lipinski definition) is 0. The number of pyridine rings is 1. The third-order valence-electron chi connectivity index (χ3n) is 4.98. The molecule has 0 N–H and O–H groups in total. The first kappa shape index (κ1) is 17.5. The molecule has 0 aliphatic carbocycles. The van der Waals surface area contributed by atoms with E-state index in [0.29, 0.717) is 23.3 Å². The lowest BCUT2D eigenvalue weighted by molar-refractivity contribution is 0.0780. The second-order valence-corrected chi connectivity index (χ2v) is 6.97. The van der Waals surface area contributed by atoms with Gasteiger partial charge in [0.15, 0.2) is 12.3 Å². The lowest BCUT2D eigenvalue weighted by Gasteiger charge is -2.14. The van der Waals surface area contributed by atoms with E-state index in [2.05, 4.69) is 16.9 Å². The van der Waals surface area contributed by atoms with Crippen LogP contribution < -0.4 is 4.74 Å². The molecule has 3 aromatic rings. The highest BCUT2D eigenvalue weighted by Gasteiger charge is 2.28. The van der Waals surface area contributed by atoms with Gasteiger partial charge in [0.05, 0.1) is 5.52 Å². The van der Waals surface area contributed by atoms with E-state index in [1.165, 1.54) is 12.7 Å². The molecule has 0 unspecified atom stereocenters. The first-order valence-corrected chi connectivity index (χ1v) is 9.44. The maximum Gasteiger partial charge on any atom is 0.275 e. The summed E-state index contributed by atoms with van der Waals surface area (Å²) in [6.45, 7) is 3.97. The Morgan fingerprint density at radius 2 is 2.30 bits per heavy atom. The number of fused-ring (bicyclic) bond motifs is 1. The Bertz CT molecular complexity index is 937. The first-order chi connectivity index (χ1) is 13.2. The van der Waals surface area contributed by atoms with Gasteiger partial charge in [0, 0.05) is 24.7 Å². The summed E-state index contributed by atoms with van der Waals surface area (Å²) in [5, 5.41) is 1.01. The largest absolute Gasteiger partial charge is 0.484 e. The molecular formula is C21H23N3O3. The van der Waals surface area contributed by atoms with Crippen LogP contribution in [0.4, 0.5) is 0 Å². The maximum atomic E-state index is 12.6. The second kappa shape index (κ2) is 7.78. The Labute approximate surface area is 158 Å². The Morgan fingerprint density at radius 1 is 1.37 bits per heavy atom. The van der Waals surface area contributed by atoms with Crippen LogP contribution in [0.15, 0.2) is 47.2 Å². The first-order valence-electron chi connectivity index (χ1n) is 9.44. The molecular weight excluding hydrogens is 342 g/mol. The highest BCUT2D eigenvalue weighted by Crippen LogP contribution is 2.23. The number of nitrogens with zero attached hydrogens (tertiary/aromatic N) is 3. The third-order valence-corrected chi connectivity index (χ3v) is 4.98. The van der Waals surface area contributed by atoms with Crippen molar-refractivity contribution in [3.8, 4) is 5.75 Å². The van der Waals surface area contributed by atoms with Crippen molar-refractivity contribution in [2.24, 2.45) is 5.92 Å². The van der Waals surface area contributed by atoms with Crippen molar-refractivity contribution in [1.82, 2.24) is 14.9 Å². The van der Waals surface area contributed by atoms with Gasteiger partial charge < -0.3 is 14.1 Å². The summed E-state index contributed by atoms with van der Waals surface area (Å²) in [5.74, 6) is 1.66. The molecule has 1 fully saturated rings. The fraction of sp³-hybridized carbons (Fsp3) is 0.381. The lowest BCUT2D eigenvalue weighted by atomic mass is 10.0. The summed E-state index contributed by atoms with van der Waals surface area (Å²) < 4.78 is 11.2. The molecule has 1 aliphatic heterocycles. The zero-order chi connectivity index (χ0) is 18.6. The highest BCUT2D eigenvalue weighted by atomic mass is 16.5. The second-order valence-electron chi connectivity index (χ2n) is 6.97.